The summed E-state index contributed by atoms with van der Waals surface area (Å²) in [4.78, 5) is 16.5. The van der Waals surface area contributed by atoms with E-state index in [0.717, 1.165) is 19.5 Å². The largest absolute Gasteiger partial charge is 0.448 e. The SMILES string of the molecule is COCC1CCCC(COC(=O)N2CCN(C)CC2)N1S(=O)(=O)c1ccc(Cl)cc1. The number of piperazine rings is 1. The number of carbonyl (C=O) groups is 1. The molecule has 1 amide bonds. The van der Waals surface area contributed by atoms with Gasteiger partial charge in [-0.2, -0.15) is 4.31 Å². The van der Waals surface area contributed by atoms with Gasteiger partial charge in [0.05, 0.1) is 17.5 Å². The highest BCUT2D eigenvalue weighted by Gasteiger charge is 2.40. The lowest BCUT2D eigenvalue weighted by molar-refractivity contribution is 0.0357. The number of nitrogens with zero attached hydrogens (tertiary/aromatic N) is 3. The average molecular weight is 460 g/mol. The smallest absolute Gasteiger partial charge is 0.409 e. The van der Waals surface area contributed by atoms with Crippen LogP contribution >= 0.6 is 11.6 Å². The lowest BCUT2D eigenvalue weighted by Gasteiger charge is -2.40. The highest BCUT2D eigenvalue weighted by molar-refractivity contribution is 7.89. The van der Waals surface area contributed by atoms with Crippen molar-refractivity contribution >= 4 is 27.7 Å². The molecule has 2 atom stereocenters. The van der Waals surface area contributed by atoms with Crippen molar-refractivity contribution in [3.8, 4) is 0 Å². The van der Waals surface area contributed by atoms with Crippen LogP contribution in [0.25, 0.3) is 0 Å². The molecule has 2 unspecified atom stereocenters. The summed E-state index contributed by atoms with van der Waals surface area (Å²) in [5, 5.41) is 0.471. The Balaban J connectivity index is 1.75. The summed E-state index contributed by atoms with van der Waals surface area (Å²) in [7, 11) is -0.223. The van der Waals surface area contributed by atoms with Crippen molar-refractivity contribution in [3.05, 3.63) is 29.3 Å². The number of sulfonamides is 1. The molecule has 2 heterocycles. The monoisotopic (exact) mass is 459 g/mol. The van der Waals surface area contributed by atoms with E-state index in [-0.39, 0.29) is 30.2 Å². The lowest BCUT2D eigenvalue weighted by Crippen LogP contribution is -2.54. The first-order valence-electron chi connectivity index (χ1n) is 10.2. The van der Waals surface area contributed by atoms with Gasteiger partial charge in [0.15, 0.2) is 0 Å². The van der Waals surface area contributed by atoms with E-state index in [2.05, 4.69) is 4.90 Å². The molecule has 2 aliphatic rings. The fraction of sp³-hybridized carbons (Fsp3) is 0.650. The minimum absolute atomic E-state index is 0.0260. The third kappa shape index (κ3) is 5.45. The van der Waals surface area contributed by atoms with Gasteiger partial charge < -0.3 is 19.3 Å². The van der Waals surface area contributed by atoms with Gasteiger partial charge in [-0.3, -0.25) is 0 Å². The van der Waals surface area contributed by atoms with Crippen molar-refractivity contribution in [3.63, 3.8) is 0 Å². The number of piperidine rings is 1. The molecule has 0 radical (unpaired) electrons. The van der Waals surface area contributed by atoms with Gasteiger partial charge in [-0.25, -0.2) is 13.2 Å². The van der Waals surface area contributed by atoms with Crippen LogP contribution in [0.5, 0.6) is 0 Å². The summed E-state index contributed by atoms with van der Waals surface area (Å²) < 4.78 is 39.2. The predicted octanol–water partition coefficient (Wildman–Crippen LogP) is 2.28. The third-order valence-electron chi connectivity index (χ3n) is 5.70. The van der Waals surface area contributed by atoms with Gasteiger partial charge in [0.25, 0.3) is 0 Å². The van der Waals surface area contributed by atoms with Crippen molar-refractivity contribution in [2.75, 3.05) is 53.6 Å². The van der Waals surface area contributed by atoms with E-state index in [9.17, 15) is 13.2 Å². The Bertz CT molecular complexity index is 810. The number of hydrogen-bond acceptors (Lipinski definition) is 6. The zero-order valence-corrected chi connectivity index (χ0v) is 19.1. The maximum Gasteiger partial charge on any atom is 0.409 e. The van der Waals surface area contributed by atoms with Crippen molar-refractivity contribution < 1.29 is 22.7 Å². The van der Waals surface area contributed by atoms with Crippen molar-refractivity contribution in [2.45, 2.75) is 36.2 Å². The van der Waals surface area contributed by atoms with E-state index in [1.54, 1.807) is 24.1 Å². The molecule has 8 nitrogen and oxygen atoms in total. The van der Waals surface area contributed by atoms with Crippen molar-refractivity contribution in [1.82, 2.24) is 14.1 Å². The van der Waals surface area contributed by atoms with E-state index >= 15 is 0 Å². The molecule has 2 fully saturated rings. The lowest BCUT2D eigenvalue weighted by atomic mass is 9.99. The van der Waals surface area contributed by atoms with Crippen LogP contribution in [0.2, 0.25) is 5.02 Å². The Morgan fingerprint density at radius 1 is 1.07 bits per heavy atom. The van der Waals surface area contributed by atoms with Crippen LogP contribution < -0.4 is 0 Å². The number of methoxy groups -OCH3 is 1. The number of halogens is 1. The second-order valence-electron chi connectivity index (χ2n) is 7.85. The number of likely N-dealkylation sites (N-methyl/N-ethyl adjacent to an activating group) is 1. The molecular weight excluding hydrogens is 430 g/mol. The Hall–Kier alpha value is -1.39. The topological polar surface area (TPSA) is 79.4 Å². The van der Waals surface area contributed by atoms with E-state index in [0.29, 0.717) is 31.0 Å². The molecule has 0 aliphatic carbocycles. The molecule has 0 aromatic heterocycles. The van der Waals surface area contributed by atoms with Gasteiger partial charge in [-0.15, -0.1) is 0 Å². The first-order valence-corrected chi connectivity index (χ1v) is 12.0. The zero-order valence-electron chi connectivity index (χ0n) is 17.5. The predicted molar refractivity (Wildman–Crippen MR) is 114 cm³/mol. The fourth-order valence-electron chi connectivity index (χ4n) is 4.02. The fourth-order valence-corrected chi connectivity index (χ4v) is 5.98. The zero-order chi connectivity index (χ0) is 21.7. The number of rotatable bonds is 6. The third-order valence-corrected chi connectivity index (χ3v) is 7.97. The van der Waals surface area contributed by atoms with Crippen LogP contribution in [0.1, 0.15) is 19.3 Å². The van der Waals surface area contributed by atoms with Crippen molar-refractivity contribution in [1.29, 1.82) is 0 Å². The summed E-state index contributed by atoms with van der Waals surface area (Å²) >= 11 is 5.93. The minimum Gasteiger partial charge on any atom is -0.448 e. The van der Waals surface area contributed by atoms with Crippen LogP contribution in [0.15, 0.2) is 29.2 Å². The van der Waals surface area contributed by atoms with E-state index in [1.165, 1.54) is 16.4 Å². The Kier molecular flexibility index (Phi) is 7.98. The van der Waals surface area contributed by atoms with Gasteiger partial charge in [-0.1, -0.05) is 18.0 Å². The highest BCUT2D eigenvalue weighted by atomic mass is 35.5. The molecule has 1 aromatic carbocycles. The number of carbonyl (C=O) groups excluding carboxylic acids is 1. The standard InChI is InChI=1S/C20H30ClN3O5S/c1-22-10-12-23(13-11-22)20(25)29-15-18-5-3-4-17(14-28-2)24(18)30(26,27)19-8-6-16(21)7-9-19/h6-9,17-18H,3-5,10-15H2,1-2H3. The maximum absolute atomic E-state index is 13.4. The molecule has 0 bridgehead atoms. The van der Waals surface area contributed by atoms with Crippen LogP contribution in [-0.4, -0.2) is 94.3 Å². The van der Waals surface area contributed by atoms with Crippen LogP contribution in [-0.2, 0) is 19.5 Å². The van der Waals surface area contributed by atoms with Crippen molar-refractivity contribution in [2.24, 2.45) is 0 Å². The number of hydrogen-bond donors (Lipinski definition) is 0. The summed E-state index contributed by atoms with van der Waals surface area (Å²) in [5.41, 5.74) is 0. The van der Waals surface area contributed by atoms with Crippen LogP contribution in [0.3, 0.4) is 0 Å². The van der Waals surface area contributed by atoms with E-state index in [1.807, 2.05) is 7.05 Å². The summed E-state index contributed by atoms with van der Waals surface area (Å²) in [6.45, 7) is 3.13. The van der Waals surface area contributed by atoms with E-state index in [4.69, 9.17) is 21.1 Å². The number of ether oxygens (including phenoxy) is 2. The highest BCUT2D eigenvalue weighted by Crippen LogP contribution is 2.31. The molecule has 168 valence electrons. The minimum atomic E-state index is -3.80. The number of benzene rings is 1. The Labute approximate surface area is 183 Å². The molecule has 0 saturated carbocycles. The quantitative estimate of drug-likeness (QED) is 0.649. The Morgan fingerprint density at radius 2 is 1.67 bits per heavy atom. The second kappa shape index (κ2) is 10.3. The first kappa shape index (κ1) is 23.3. The molecule has 1 aromatic rings. The molecule has 10 heteroatoms. The average Bonchev–Trinajstić information content (AvgIpc) is 2.73. The van der Waals surface area contributed by atoms with Gasteiger partial charge >= 0.3 is 6.09 Å². The van der Waals surface area contributed by atoms with Crippen LogP contribution in [0.4, 0.5) is 4.79 Å². The molecule has 2 saturated heterocycles. The van der Waals surface area contributed by atoms with E-state index < -0.39 is 16.1 Å². The molecule has 0 spiro atoms. The molecular formula is C20H30ClN3O5S. The normalized spacial score (nSPS) is 24.0. The molecule has 0 N–H and O–H groups in total. The second-order valence-corrected chi connectivity index (χ2v) is 10.1. The first-order chi connectivity index (χ1) is 14.3. The van der Waals surface area contributed by atoms with Crippen LogP contribution in [0, 0.1) is 0 Å². The molecule has 3 rings (SSSR count). The van der Waals surface area contributed by atoms with Gasteiger partial charge in [0, 0.05) is 44.4 Å². The maximum atomic E-state index is 13.4. The van der Waals surface area contributed by atoms with Gasteiger partial charge in [0.1, 0.15) is 6.61 Å². The van der Waals surface area contributed by atoms with Gasteiger partial charge in [-0.05, 0) is 44.2 Å². The summed E-state index contributed by atoms with van der Waals surface area (Å²) in [6, 6.07) is 5.39. The van der Waals surface area contributed by atoms with Gasteiger partial charge in [0.2, 0.25) is 10.0 Å². The Morgan fingerprint density at radius 3 is 2.27 bits per heavy atom. The molecule has 30 heavy (non-hydrogen) atoms. The molecule has 2 aliphatic heterocycles. The summed E-state index contributed by atoms with van der Waals surface area (Å²) in [5.74, 6) is 0. The summed E-state index contributed by atoms with van der Waals surface area (Å²) in [6.07, 6.45) is 1.78. The number of amides is 1.